The molecule has 1 aromatic rings. The molecule has 1 heterocycles. The van der Waals surface area contributed by atoms with Crippen LogP contribution in [0.1, 0.15) is 50.8 Å². The van der Waals surface area contributed by atoms with Gasteiger partial charge in [0.2, 0.25) is 0 Å². The highest BCUT2D eigenvalue weighted by Gasteiger charge is 2.35. The Bertz CT molecular complexity index is 458. The molecule has 0 aliphatic carbocycles. The van der Waals surface area contributed by atoms with Crippen molar-refractivity contribution in [1.82, 2.24) is 10.2 Å². The molecule has 2 atom stereocenters. The van der Waals surface area contributed by atoms with Crippen LogP contribution in [0.5, 0.6) is 0 Å². The summed E-state index contributed by atoms with van der Waals surface area (Å²) in [4.78, 5) is 2.68. The average molecular weight is 288 g/mol. The molecule has 2 nitrogen and oxygen atoms in total. The maximum absolute atomic E-state index is 3.76. The van der Waals surface area contributed by atoms with Gasteiger partial charge >= 0.3 is 0 Å². The van der Waals surface area contributed by atoms with E-state index in [0.29, 0.717) is 6.04 Å². The van der Waals surface area contributed by atoms with Crippen molar-refractivity contribution in [2.75, 3.05) is 13.1 Å². The smallest absolute Gasteiger partial charge is 0.0281 e. The fraction of sp³-hybridized carbons (Fsp3) is 0.684. The Morgan fingerprint density at radius 3 is 2.48 bits per heavy atom. The van der Waals surface area contributed by atoms with E-state index in [1.54, 1.807) is 0 Å². The van der Waals surface area contributed by atoms with Gasteiger partial charge in [0, 0.05) is 31.2 Å². The average Bonchev–Trinajstić information content (AvgIpc) is 2.43. The third kappa shape index (κ3) is 3.67. The molecule has 1 fully saturated rings. The summed E-state index contributed by atoms with van der Waals surface area (Å²) in [5.74, 6) is 0.738. The summed E-state index contributed by atoms with van der Waals surface area (Å²) in [5.41, 5.74) is 4.57. The molecule has 0 amide bonds. The predicted molar refractivity (Wildman–Crippen MR) is 91.7 cm³/mol. The summed E-state index contributed by atoms with van der Waals surface area (Å²) in [7, 11) is 0. The first-order chi connectivity index (χ1) is 9.85. The minimum Gasteiger partial charge on any atom is -0.311 e. The maximum atomic E-state index is 3.76. The van der Waals surface area contributed by atoms with Crippen LogP contribution in [0.3, 0.4) is 0 Å². The molecule has 21 heavy (non-hydrogen) atoms. The van der Waals surface area contributed by atoms with Crippen LogP contribution in [0.25, 0.3) is 0 Å². The molecule has 1 saturated heterocycles. The minimum atomic E-state index is 0.221. The Kier molecular flexibility index (Phi) is 5.11. The van der Waals surface area contributed by atoms with Crippen LogP contribution in [-0.4, -0.2) is 29.6 Å². The lowest BCUT2D eigenvalue weighted by molar-refractivity contribution is 0.0446. The van der Waals surface area contributed by atoms with Crippen molar-refractivity contribution in [3.63, 3.8) is 0 Å². The van der Waals surface area contributed by atoms with Crippen molar-refractivity contribution in [2.24, 2.45) is 5.92 Å². The zero-order chi connectivity index (χ0) is 15.6. The second-order valence-electron chi connectivity index (χ2n) is 7.44. The van der Waals surface area contributed by atoms with E-state index in [-0.39, 0.29) is 5.54 Å². The molecule has 0 aromatic heterocycles. The highest BCUT2D eigenvalue weighted by atomic mass is 15.3. The predicted octanol–water partition coefficient (Wildman–Crippen LogP) is 3.90. The number of hydrogen-bond donors (Lipinski definition) is 1. The van der Waals surface area contributed by atoms with E-state index in [2.05, 4.69) is 70.0 Å². The van der Waals surface area contributed by atoms with E-state index < -0.39 is 0 Å². The van der Waals surface area contributed by atoms with Crippen molar-refractivity contribution in [3.05, 3.63) is 34.9 Å². The van der Waals surface area contributed by atoms with Gasteiger partial charge in [0.25, 0.3) is 0 Å². The topological polar surface area (TPSA) is 15.3 Å². The number of aryl methyl sites for hydroxylation is 2. The Balaban J connectivity index is 2.19. The van der Waals surface area contributed by atoms with Gasteiger partial charge in [-0.3, -0.25) is 4.90 Å². The van der Waals surface area contributed by atoms with Gasteiger partial charge in [0.05, 0.1) is 0 Å². The molecule has 118 valence electrons. The molecule has 1 aliphatic rings. The fourth-order valence-electron chi connectivity index (χ4n) is 3.28. The van der Waals surface area contributed by atoms with Crippen molar-refractivity contribution >= 4 is 0 Å². The van der Waals surface area contributed by atoms with Gasteiger partial charge in [-0.05, 0) is 50.3 Å². The van der Waals surface area contributed by atoms with E-state index in [4.69, 9.17) is 0 Å². The summed E-state index contributed by atoms with van der Waals surface area (Å²) < 4.78 is 0. The SMILES string of the molecule is CCC(C)C1CN(Cc2c(C)cccc2C)C(C)(C)CN1. The van der Waals surface area contributed by atoms with E-state index in [1.807, 2.05) is 0 Å². The van der Waals surface area contributed by atoms with Crippen LogP contribution in [-0.2, 0) is 6.54 Å². The first-order valence-electron chi connectivity index (χ1n) is 8.38. The third-order valence-corrected chi connectivity index (χ3v) is 5.39. The largest absolute Gasteiger partial charge is 0.311 e. The van der Waals surface area contributed by atoms with Crippen molar-refractivity contribution in [2.45, 2.75) is 66.1 Å². The molecular formula is C19H32N2. The normalized spacial score (nSPS) is 24.0. The van der Waals surface area contributed by atoms with Crippen molar-refractivity contribution < 1.29 is 0 Å². The van der Waals surface area contributed by atoms with Gasteiger partial charge in [0.1, 0.15) is 0 Å². The van der Waals surface area contributed by atoms with Crippen LogP contribution in [0.2, 0.25) is 0 Å². The number of benzene rings is 1. The Labute approximate surface area is 130 Å². The van der Waals surface area contributed by atoms with Gasteiger partial charge < -0.3 is 5.32 Å². The lowest BCUT2D eigenvalue weighted by Gasteiger charge is -2.48. The molecule has 2 rings (SSSR count). The summed E-state index contributed by atoms with van der Waals surface area (Å²) in [5, 5.41) is 3.76. The molecule has 0 bridgehead atoms. The number of hydrogen-bond acceptors (Lipinski definition) is 2. The van der Waals surface area contributed by atoms with Gasteiger partial charge in [-0.1, -0.05) is 38.5 Å². The van der Waals surface area contributed by atoms with Crippen molar-refractivity contribution in [3.8, 4) is 0 Å². The molecule has 0 spiro atoms. The fourth-order valence-corrected chi connectivity index (χ4v) is 3.28. The van der Waals surface area contributed by atoms with Crippen LogP contribution in [0.15, 0.2) is 18.2 Å². The minimum absolute atomic E-state index is 0.221. The van der Waals surface area contributed by atoms with Crippen LogP contribution in [0, 0.1) is 19.8 Å². The lowest BCUT2D eigenvalue weighted by atomic mass is 9.89. The van der Waals surface area contributed by atoms with Gasteiger partial charge in [-0.2, -0.15) is 0 Å². The molecule has 2 heteroatoms. The number of nitrogens with zero attached hydrogens (tertiary/aromatic N) is 1. The molecule has 2 unspecified atom stereocenters. The summed E-state index contributed by atoms with van der Waals surface area (Å²) in [6.07, 6.45) is 1.25. The zero-order valence-electron chi connectivity index (χ0n) is 14.7. The van der Waals surface area contributed by atoms with Crippen LogP contribution in [0.4, 0.5) is 0 Å². The summed E-state index contributed by atoms with van der Waals surface area (Å²) in [6.45, 7) is 17.2. The molecule has 1 N–H and O–H groups in total. The second-order valence-corrected chi connectivity index (χ2v) is 7.44. The quantitative estimate of drug-likeness (QED) is 0.904. The monoisotopic (exact) mass is 288 g/mol. The molecule has 0 saturated carbocycles. The first kappa shape index (κ1) is 16.5. The molecular weight excluding hydrogens is 256 g/mol. The van der Waals surface area contributed by atoms with Gasteiger partial charge in [-0.25, -0.2) is 0 Å². The third-order valence-electron chi connectivity index (χ3n) is 5.39. The Morgan fingerprint density at radius 2 is 1.90 bits per heavy atom. The van der Waals surface area contributed by atoms with E-state index >= 15 is 0 Å². The van der Waals surface area contributed by atoms with Crippen LogP contribution >= 0.6 is 0 Å². The van der Waals surface area contributed by atoms with Gasteiger partial charge in [-0.15, -0.1) is 0 Å². The highest BCUT2D eigenvalue weighted by molar-refractivity contribution is 5.33. The van der Waals surface area contributed by atoms with E-state index in [0.717, 1.165) is 25.6 Å². The molecule has 0 radical (unpaired) electrons. The molecule has 1 aromatic carbocycles. The lowest BCUT2D eigenvalue weighted by Crippen LogP contribution is -2.62. The summed E-state index contributed by atoms with van der Waals surface area (Å²) >= 11 is 0. The highest BCUT2D eigenvalue weighted by Crippen LogP contribution is 2.26. The maximum Gasteiger partial charge on any atom is 0.0281 e. The van der Waals surface area contributed by atoms with E-state index in [9.17, 15) is 0 Å². The Morgan fingerprint density at radius 1 is 1.29 bits per heavy atom. The van der Waals surface area contributed by atoms with E-state index in [1.165, 1.54) is 23.1 Å². The number of piperazine rings is 1. The van der Waals surface area contributed by atoms with Crippen LogP contribution < -0.4 is 5.32 Å². The second kappa shape index (κ2) is 6.50. The zero-order valence-corrected chi connectivity index (χ0v) is 14.7. The number of rotatable bonds is 4. The van der Waals surface area contributed by atoms with Gasteiger partial charge in [0.15, 0.2) is 0 Å². The first-order valence-corrected chi connectivity index (χ1v) is 8.38. The Hall–Kier alpha value is -0.860. The standard InChI is InChI=1S/C19H32N2/c1-7-14(2)18-12-21(19(5,6)13-20-18)11-17-15(3)9-8-10-16(17)4/h8-10,14,18,20H,7,11-13H2,1-6H3. The van der Waals surface area contributed by atoms with Crippen molar-refractivity contribution in [1.29, 1.82) is 0 Å². The molecule has 1 aliphatic heterocycles. The number of nitrogens with one attached hydrogen (secondary N) is 1. The summed E-state index contributed by atoms with van der Waals surface area (Å²) in [6, 6.07) is 7.26.